The van der Waals surface area contributed by atoms with Crippen molar-refractivity contribution in [3.63, 3.8) is 0 Å². The van der Waals surface area contributed by atoms with E-state index in [1.165, 1.54) is 10.9 Å². The topological polar surface area (TPSA) is 90.9 Å². The van der Waals surface area contributed by atoms with E-state index in [0.717, 1.165) is 0 Å². The van der Waals surface area contributed by atoms with Gasteiger partial charge in [-0.1, -0.05) is 0 Å². The molecule has 6 nitrogen and oxygen atoms in total. The number of primary sulfonamides is 1. The van der Waals surface area contributed by atoms with Gasteiger partial charge in [-0.05, 0) is 13.8 Å². The second kappa shape index (κ2) is 2.83. The molecule has 0 unspecified atom stereocenters. The monoisotopic (exact) mass is 190 g/mol. The Kier molecular flexibility index (Phi) is 2.16. The van der Waals surface area contributed by atoms with Crippen molar-refractivity contribution in [3.8, 4) is 0 Å². The molecule has 1 aromatic heterocycles. The molecule has 0 aliphatic rings. The van der Waals surface area contributed by atoms with E-state index in [1.807, 2.05) is 13.8 Å². The lowest BCUT2D eigenvalue weighted by Gasteiger charge is -2.07. The summed E-state index contributed by atoms with van der Waals surface area (Å²) in [5.41, 5.74) is 0. The second-order valence-corrected chi connectivity index (χ2v) is 4.11. The molecule has 0 aliphatic carbocycles. The molecule has 0 radical (unpaired) electrons. The van der Waals surface area contributed by atoms with Crippen LogP contribution in [0, 0.1) is 0 Å². The van der Waals surface area contributed by atoms with Crippen LogP contribution in [0.15, 0.2) is 11.5 Å². The number of nitrogens with two attached hydrogens (primary N) is 1. The fourth-order valence-corrected chi connectivity index (χ4v) is 1.50. The zero-order valence-electron chi connectivity index (χ0n) is 6.80. The highest BCUT2D eigenvalue weighted by Crippen LogP contribution is 2.09. The average Bonchev–Trinajstić information content (AvgIpc) is 2.30. The van der Waals surface area contributed by atoms with Gasteiger partial charge in [-0.15, -0.1) is 10.2 Å². The van der Waals surface area contributed by atoms with Crippen molar-refractivity contribution in [1.29, 1.82) is 0 Å². The highest BCUT2D eigenvalue weighted by Gasteiger charge is 2.17. The molecule has 0 aliphatic heterocycles. The Labute approximate surface area is 70.5 Å². The number of hydrogen-bond acceptors (Lipinski definition) is 4. The summed E-state index contributed by atoms with van der Waals surface area (Å²) in [7, 11) is -3.75. The van der Waals surface area contributed by atoms with E-state index in [2.05, 4.69) is 10.2 Å². The quantitative estimate of drug-likeness (QED) is 0.681. The van der Waals surface area contributed by atoms with Gasteiger partial charge in [0.15, 0.2) is 0 Å². The van der Waals surface area contributed by atoms with Crippen LogP contribution in [0.25, 0.3) is 0 Å². The molecule has 0 saturated heterocycles. The molecule has 0 amide bonds. The van der Waals surface area contributed by atoms with Crippen molar-refractivity contribution in [1.82, 2.24) is 14.8 Å². The molecule has 0 fully saturated rings. The maximum atomic E-state index is 10.9. The molecule has 1 aromatic rings. The third kappa shape index (κ3) is 1.62. The number of aromatic nitrogens is 3. The average molecular weight is 190 g/mol. The van der Waals surface area contributed by atoms with Gasteiger partial charge in [-0.25, -0.2) is 13.6 Å². The van der Waals surface area contributed by atoms with E-state index in [-0.39, 0.29) is 11.2 Å². The molecule has 7 heteroatoms. The standard InChI is InChI=1S/C5H10N4O2S/c1-4(2)9-3-7-8-5(9)12(6,10)11/h3-4H,1-2H3,(H2,6,10,11). The number of hydrogen-bond donors (Lipinski definition) is 1. The number of sulfonamides is 1. The summed E-state index contributed by atoms with van der Waals surface area (Å²) in [5.74, 6) is 0. The van der Waals surface area contributed by atoms with Crippen molar-refractivity contribution in [2.45, 2.75) is 25.0 Å². The van der Waals surface area contributed by atoms with Crippen LogP contribution in [0.3, 0.4) is 0 Å². The predicted molar refractivity (Wildman–Crippen MR) is 41.8 cm³/mol. The zero-order valence-corrected chi connectivity index (χ0v) is 7.61. The molecule has 1 heterocycles. The van der Waals surface area contributed by atoms with E-state index < -0.39 is 10.0 Å². The summed E-state index contributed by atoms with van der Waals surface area (Å²) >= 11 is 0. The van der Waals surface area contributed by atoms with Crippen LogP contribution in [0.5, 0.6) is 0 Å². The maximum absolute atomic E-state index is 10.9. The first kappa shape index (κ1) is 9.14. The van der Waals surface area contributed by atoms with Crippen LogP contribution in [0.4, 0.5) is 0 Å². The van der Waals surface area contributed by atoms with Gasteiger partial charge in [0.25, 0.3) is 15.2 Å². The third-order valence-corrected chi connectivity index (χ3v) is 2.15. The van der Waals surface area contributed by atoms with E-state index in [9.17, 15) is 8.42 Å². The van der Waals surface area contributed by atoms with Gasteiger partial charge in [-0.2, -0.15) is 0 Å². The highest BCUT2D eigenvalue weighted by molar-refractivity contribution is 7.89. The van der Waals surface area contributed by atoms with E-state index in [0.29, 0.717) is 0 Å². The summed E-state index contributed by atoms with van der Waals surface area (Å²) in [4.78, 5) is 0. The summed E-state index contributed by atoms with van der Waals surface area (Å²) < 4.78 is 23.1. The molecule has 12 heavy (non-hydrogen) atoms. The Morgan fingerprint density at radius 1 is 1.58 bits per heavy atom. The molecule has 0 atom stereocenters. The fourth-order valence-electron chi connectivity index (χ4n) is 0.790. The molecule has 0 aromatic carbocycles. The first-order valence-electron chi connectivity index (χ1n) is 3.35. The van der Waals surface area contributed by atoms with Crippen molar-refractivity contribution in [3.05, 3.63) is 6.33 Å². The van der Waals surface area contributed by atoms with Crippen LogP contribution in [0.1, 0.15) is 19.9 Å². The summed E-state index contributed by atoms with van der Waals surface area (Å²) in [6.07, 6.45) is 1.34. The molecule has 0 bridgehead atoms. The third-order valence-electron chi connectivity index (χ3n) is 1.35. The first-order valence-corrected chi connectivity index (χ1v) is 4.90. The lowest BCUT2D eigenvalue weighted by atomic mass is 10.4. The Balaban J connectivity index is 3.26. The predicted octanol–water partition coefficient (Wildman–Crippen LogP) is -0.494. The van der Waals surface area contributed by atoms with Gasteiger partial charge in [0, 0.05) is 6.04 Å². The Morgan fingerprint density at radius 3 is 2.50 bits per heavy atom. The van der Waals surface area contributed by atoms with Crippen molar-refractivity contribution in [2.75, 3.05) is 0 Å². The lowest BCUT2D eigenvalue weighted by molar-refractivity contribution is 0.521. The van der Waals surface area contributed by atoms with Gasteiger partial charge < -0.3 is 4.57 Å². The minimum absolute atomic E-state index is 0.0201. The van der Waals surface area contributed by atoms with Crippen LogP contribution in [0.2, 0.25) is 0 Å². The van der Waals surface area contributed by atoms with Crippen LogP contribution < -0.4 is 5.14 Å². The van der Waals surface area contributed by atoms with E-state index in [4.69, 9.17) is 5.14 Å². The van der Waals surface area contributed by atoms with Gasteiger partial charge in [0.1, 0.15) is 6.33 Å². The van der Waals surface area contributed by atoms with Gasteiger partial charge >= 0.3 is 0 Å². The summed E-state index contributed by atoms with van der Waals surface area (Å²) in [6, 6.07) is -0.0201. The van der Waals surface area contributed by atoms with Crippen LogP contribution >= 0.6 is 0 Å². The zero-order chi connectivity index (χ0) is 9.35. The molecule has 68 valence electrons. The minimum atomic E-state index is -3.75. The second-order valence-electron chi connectivity index (χ2n) is 2.66. The Hall–Kier alpha value is -0.950. The fraction of sp³-hybridized carbons (Fsp3) is 0.600. The maximum Gasteiger partial charge on any atom is 0.273 e. The highest BCUT2D eigenvalue weighted by atomic mass is 32.2. The summed E-state index contributed by atoms with van der Waals surface area (Å²) in [6.45, 7) is 3.64. The minimum Gasteiger partial charge on any atom is -0.301 e. The van der Waals surface area contributed by atoms with Crippen molar-refractivity contribution >= 4 is 10.0 Å². The molecular weight excluding hydrogens is 180 g/mol. The largest absolute Gasteiger partial charge is 0.301 e. The molecule has 2 N–H and O–H groups in total. The van der Waals surface area contributed by atoms with Crippen molar-refractivity contribution < 1.29 is 8.42 Å². The van der Waals surface area contributed by atoms with Gasteiger partial charge in [0.05, 0.1) is 0 Å². The number of nitrogens with zero attached hydrogens (tertiary/aromatic N) is 3. The molecular formula is C5H10N4O2S. The number of rotatable bonds is 2. The normalized spacial score (nSPS) is 12.3. The summed E-state index contributed by atoms with van der Waals surface area (Å²) in [5, 5.41) is 11.6. The van der Waals surface area contributed by atoms with Crippen LogP contribution in [-0.2, 0) is 10.0 Å². The molecule has 1 rings (SSSR count). The smallest absolute Gasteiger partial charge is 0.273 e. The van der Waals surface area contributed by atoms with Crippen LogP contribution in [-0.4, -0.2) is 23.2 Å². The molecule has 0 spiro atoms. The Bertz CT molecular complexity index is 367. The molecule has 0 saturated carbocycles. The first-order chi connectivity index (χ1) is 5.43. The van der Waals surface area contributed by atoms with Gasteiger partial charge in [0.2, 0.25) is 0 Å². The SMILES string of the molecule is CC(C)n1cnnc1S(N)(=O)=O. The van der Waals surface area contributed by atoms with E-state index in [1.54, 1.807) is 0 Å². The lowest BCUT2D eigenvalue weighted by Crippen LogP contribution is -2.19. The van der Waals surface area contributed by atoms with Crippen molar-refractivity contribution in [2.24, 2.45) is 5.14 Å². The van der Waals surface area contributed by atoms with E-state index >= 15 is 0 Å². The van der Waals surface area contributed by atoms with Gasteiger partial charge in [-0.3, -0.25) is 0 Å². The Morgan fingerprint density at radius 2 is 2.17 bits per heavy atom.